The largest absolute Gasteiger partial charge is 0.336 e. The molecule has 0 aromatic heterocycles. The predicted molar refractivity (Wildman–Crippen MR) is 57.9 cm³/mol. The molecule has 3 nitrogen and oxygen atoms in total. The monoisotopic (exact) mass is 198 g/mol. The highest BCUT2D eigenvalue weighted by atomic mass is 16.2. The lowest BCUT2D eigenvalue weighted by Gasteiger charge is -2.33. The van der Waals surface area contributed by atoms with E-state index < -0.39 is 0 Å². The average Bonchev–Trinajstić information content (AvgIpc) is 2.44. The number of amides is 1. The molecule has 2 N–H and O–H groups in total. The third-order valence-corrected chi connectivity index (χ3v) is 3.08. The second-order valence-corrected chi connectivity index (χ2v) is 4.80. The van der Waals surface area contributed by atoms with E-state index in [9.17, 15) is 4.79 Å². The molecular formula is C11H22N2O. The number of rotatable bonds is 3. The number of hydrogen-bond donors (Lipinski definition) is 1. The van der Waals surface area contributed by atoms with E-state index in [1.54, 1.807) is 0 Å². The molecule has 0 bridgehead atoms. The second-order valence-electron chi connectivity index (χ2n) is 4.80. The van der Waals surface area contributed by atoms with E-state index in [-0.39, 0.29) is 17.5 Å². The van der Waals surface area contributed by atoms with Crippen molar-refractivity contribution in [2.75, 3.05) is 6.54 Å². The summed E-state index contributed by atoms with van der Waals surface area (Å²) in [4.78, 5) is 13.9. The van der Waals surface area contributed by atoms with Gasteiger partial charge >= 0.3 is 0 Å². The van der Waals surface area contributed by atoms with Gasteiger partial charge in [0.05, 0.1) is 6.04 Å². The van der Waals surface area contributed by atoms with Crippen LogP contribution in [0.2, 0.25) is 0 Å². The van der Waals surface area contributed by atoms with Gasteiger partial charge in [-0.3, -0.25) is 4.79 Å². The maximum absolute atomic E-state index is 12.0. The molecule has 1 aliphatic heterocycles. The summed E-state index contributed by atoms with van der Waals surface area (Å²) in [5, 5.41) is 0. The maximum Gasteiger partial charge on any atom is 0.239 e. The van der Waals surface area contributed by atoms with Crippen LogP contribution in [-0.2, 0) is 4.79 Å². The molecule has 1 rings (SSSR count). The van der Waals surface area contributed by atoms with Gasteiger partial charge in [0.2, 0.25) is 5.91 Å². The summed E-state index contributed by atoms with van der Waals surface area (Å²) in [6, 6.07) is -0.294. The number of hydrogen-bond acceptors (Lipinski definition) is 2. The van der Waals surface area contributed by atoms with Gasteiger partial charge in [0.1, 0.15) is 0 Å². The Labute approximate surface area is 86.6 Å². The molecule has 3 heteroatoms. The van der Waals surface area contributed by atoms with Crippen molar-refractivity contribution in [3.8, 4) is 0 Å². The summed E-state index contributed by atoms with van der Waals surface area (Å²) in [6.07, 6.45) is 3.97. The minimum Gasteiger partial charge on any atom is -0.336 e. The zero-order valence-corrected chi connectivity index (χ0v) is 9.55. The fourth-order valence-corrected chi connectivity index (χ4v) is 2.15. The van der Waals surface area contributed by atoms with Crippen molar-refractivity contribution in [1.29, 1.82) is 0 Å². The quantitative estimate of drug-likeness (QED) is 0.747. The number of nitrogens with zero attached hydrogens (tertiary/aromatic N) is 1. The highest BCUT2D eigenvalue weighted by Gasteiger charge is 2.36. The molecule has 1 heterocycles. The van der Waals surface area contributed by atoms with Crippen LogP contribution in [-0.4, -0.2) is 28.9 Å². The zero-order valence-electron chi connectivity index (χ0n) is 9.55. The summed E-state index contributed by atoms with van der Waals surface area (Å²) in [5.74, 6) is 0.134. The summed E-state index contributed by atoms with van der Waals surface area (Å²) < 4.78 is 0. The van der Waals surface area contributed by atoms with Crippen LogP contribution < -0.4 is 5.73 Å². The van der Waals surface area contributed by atoms with E-state index in [0.29, 0.717) is 0 Å². The molecule has 1 fully saturated rings. The second kappa shape index (κ2) is 4.30. The van der Waals surface area contributed by atoms with Crippen LogP contribution in [0.4, 0.5) is 0 Å². The van der Waals surface area contributed by atoms with Gasteiger partial charge in [0.15, 0.2) is 0 Å². The number of nitrogens with two attached hydrogens (primary N) is 1. The van der Waals surface area contributed by atoms with Crippen LogP contribution in [0.3, 0.4) is 0 Å². The Bertz CT molecular complexity index is 213. The van der Waals surface area contributed by atoms with Crippen molar-refractivity contribution < 1.29 is 4.79 Å². The smallest absolute Gasteiger partial charge is 0.239 e. The van der Waals surface area contributed by atoms with E-state index in [1.165, 1.54) is 0 Å². The normalized spacial score (nSPS) is 22.4. The lowest BCUT2D eigenvalue weighted by molar-refractivity contribution is -0.135. The van der Waals surface area contributed by atoms with Crippen molar-refractivity contribution in [1.82, 2.24) is 4.90 Å². The van der Waals surface area contributed by atoms with Crippen molar-refractivity contribution in [3.63, 3.8) is 0 Å². The number of carbonyl (C=O) groups excluding carboxylic acids is 1. The standard InChI is InChI=1S/C11H22N2O/c1-4-6-9(12)10(14)13-8-5-7-11(13,2)3/h9H,4-8,12H2,1-3H3. The van der Waals surface area contributed by atoms with Gasteiger partial charge in [-0.15, -0.1) is 0 Å². The molecule has 0 aromatic rings. The Morgan fingerprint density at radius 1 is 1.57 bits per heavy atom. The van der Waals surface area contributed by atoms with Crippen molar-refractivity contribution >= 4 is 5.91 Å². The molecule has 1 atom stereocenters. The minimum atomic E-state index is -0.294. The van der Waals surface area contributed by atoms with E-state index in [2.05, 4.69) is 20.8 Å². The van der Waals surface area contributed by atoms with Gasteiger partial charge in [-0.25, -0.2) is 0 Å². The third-order valence-electron chi connectivity index (χ3n) is 3.08. The molecule has 0 spiro atoms. The van der Waals surface area contributed by atoms with Crippen molar-refractivity contribution in [2.24, 2.45) is 5.73 Å². The minimum absolute atomic E-state index is 0.0163. The van der Waals surface area contributed by atoms with Gasteiger partial charge in [0.25, 0.3) is 0 Å². The van der Waals surface area contributed by atoms with Crippen LogP contribution in [0.1, 0.15) is 46.5 Å². The molecule has 0 saturated carbocycles. The van der Waals surface area contributed by atoms with Crippen molar-refractivity contribution in [2.45, 2.75) is 58.0 Å². The van der Waals surface area contributed by atoms with E-state index >= 15 is 0 Å². The fraction of sp³-hybridized carbons (Fsp3) is 0.909. The summed E-state index contributed by atoms with van der Waals surface area (Å²) in [7, 11) is 0. The van der Waals surface area contributed by atoms with Gasteiger partial charge in [-0.05, 0) is 33.1 Å². The number of carbonyl (C=O) groups is 1. The Balaban J connectivity index is 2.60. The lowest BCUT2D eigenvalue weighted by Crippen LogP contribution is -2.50. The third kappa shape index (κ3) is 2.27. The van der Waals surface area contributed by atoms with E-state index in [4.69, 9.17) is 5.73 Å². The molecule has 0 aliphatic carbocycles. The molecule has 1 unspecified atom stereocenters. The number of likely N-dealkylation sites (tertiary alicyclic amines) is 1. The molecule has 14 heavy (non-hydrogen) atoms. The molecule has 1 aliphatic rings. The van der Waals surface area contributed by atoms with Crippen LogP contribution in [0.5, 0.6) is 0 Å². The average molecular weight is 198 g/mol. The fourth-order valence-electron chi connectivity index (χ4n) is 2.15. The molecule has 82 valence electrons. The molecule has 1 amide bonds. The Morgan fingerprint density at radius 2 is 2.21 bits per heavy atom. The van der Waals surface area contributed by atoms with Crippen LogP contribution in [0.15, 0.2) is 0 Å². The van der Waals surface area contributed by atoms with E-state index in [0.717, 1.165) is 32.2 Å². The summed E-state index contributed by atoms with van der Waals surface area (Å²) in [6.45, 7) is 7.18. The van der Waals surface area contributed by atoms with Crippen LogP contribution >= 0.6 is 0 Å². The summed E-state index contributed by atoms with van der Waals surface area (Å²) in [5.41, 5.74) is 5.85. The van der Waals surface area contributed by atoms with Crippen molar-refractivity contribution in [3.05, 3.63) is 0 Å². The highest BCUT2D eigenvalue weighted by molar-refractivity contribution is 5.82. The van der Waals surface area contributed by atoms with Gasteiger partial charge in [0, 0.05) is 12.1 Å². The zero-order chi connectivity index (χ0) is 10.8. The van der Waals surface area contributed by atoms with Gasteiger partial charge < -0.3 is 10.6 Å². The Kier molecular flexibility index (Phi) is 3.53. The first-order valence-electron chi connectivity index (χ1n) is 5.56. The highest BCUT2D eigenvalue weighted by Crippen LogP contribution is 2.28. The topological polar surface area (TPSA) is 46.3 Å². The first-order chi connectivity index (χ1) is 6.49. The van der Waals surface area contributed by atoms with Crippen LogP contribution in [0.25, 0.3) is 0 Å². The summed E-state index contributed by atoms with van der Waals surface area (Å²) >= 11 is 0. The Morgan fingerprint density at radius 3 is 2.64 bits per heavy atom. The van der Waals surface area contributed by atoms with Gasteiger partial charge in [-0.2, -0.15) is 0 Å². The lowest BCUT2D eigenvalue weighted by atomic mass is 10.0. The molecular weight excluding hydrogens is 176 g/mol. The van der Waals surface area contributed by atoms with Crippen LogP contribution in [0, 0.1) is 0 Å². The molecule has 0 aromatic carbocycles. The Hall–Kier alpha value is -0.570. The predicted octanol–water partition coefficient (Wildman–Crippen LogP) is 1.51. The first kappa shape index (κ1) is 11.5. The maximum atomic E-state index is 12.0. The molecule has 1 saturated heterocycles. The SMILES string of the molecule is CCCC(N)C(=O)N1CCCC1(C)C. The first-order valence-corrected chi connectivity index (χ1v) is 5.56. The van der Waals surface area contributed by atoms with E-state index in [1.807, 2.05) is 4.90 Å². The molecule has 0 radical (unpaired) electrons. The van der Waals surface area contributed by atoms with Gasteiger partial charge in [-0.1, -0.05) is 13.3 Å².